The predicted molar refractivity (Wildman–Crippen MR) is 69.8 cm³/mol. The predicted octanol–water partition coefficient (Wildman–Crippen LogP) is 2.88. The zero-order chi connectivity index (χ0) is 12.3. The van der Waals surface area contributed by atoms with Gasteiger partial charge in [0.05, 0.1) is 0 Å². The molecule has 0 saturated heterocycles. The summed E-state index contributed by atoms with van der Waals surface area (Å²) in [7, 11) is 0. The van der Waals surface area contributed by atoms with Crippen LogP contribution in [0.5, 0.6) is 0 Å². The fourth-order valence-electron chi connectivity index (χ4n) is 1.81. The Labute approximate surface area is 106 Å². The van der Waals surface area contributed by atoms with Crippen molar-refractivity contribution < 1.29 is 5.11 Å². The first-order valence-electron chi connectivity index (χ1n) is 5.44. The van der Waals surface area contributed by atoms with Crippen LogP contribution in [0.1, 0.15) is 22.8 Å². The summed E-state index contributed by atoms with van der Waals surface area (Å²) in [6.07, 6.45) is -0.660. The summed E-state index contributed by atoms with van der Waals surface area (Å²) in [5.74, 6) is 0. The van der Waals surface area contributed by atoms with E-state index in [1.165, 1.54) is 0 Å². The van der Waals surface area contributed by atoms with E-state index in [-0.39, 0.29) is 0 Å². The molecule has 0 saturated carbocycles. The van der Waals surface area contributed by atoms with Crippen molar-refractivity contribution in [3.05, 3.63) is 70.2 Å². The third kappa shape index (κ3) is 2.67. The van der Waals surface area contributed by atoms with Gasteiger partial charge in [0.1, 0.15) is 6.10 Å². The monoisotopic (exact) mass is 247 g/mol. The quantitative estimate of drug-likeness (QED) is 0.876. The number of nitrogens with two attached hydrogens (primary N) is 1. The molecule has 1 atom stereocenters. The maximum absolute atomic E-state index is 10.3. The highest BCUT2D eigenvalue weighted by molar-refractivity contribution is 6.30. The molecule has 0 aliphatic rings. The van der Waals surface area contributed by atoms with E-state index in [1.54, 1.807) is 12.1 Å². The summed E-state index contributed by atoms with van der Waals surface area (Å²) in [6, 6.07) is 14.8. The van der Waals surface area contributed by atoms with Gasteiger partial charge in [0.2, 0.25) is 0 Å². The van der Waals surface area contributed by atoms with Crippen LogP contribution in [-0.2, 0) is 6.54 Å². The molecule has 0 bridgehead atoms. The second-order valence-electron chi connectivity index (χ2n) is 3.86. The summed E-state index contributed by atoms with van der Waals surface area (Å²) in [5, 5.41) is 11.0. The van der Waals surface area contributed by atoms with Crippen LogP contribution in [0.3, 0.4) is 0 Å². The van der Waals surface area contributed by atoms with Gasteiger partial charge in [0.15, 0.2) is 0 Å². The molecule has 2 aromatic rings. The Morgan fingerprint density at radius 2 is 1.71 bits per heavy atom. The molecular weight excluding hydrogens is 234 g/mol. The molecule has 0 spiro atoms. The van der Waals surface area contributed by atoms with Crippen molar-refractivity contribution in [2.75, 3.05) is 0 Å². The van der Waals surface area contributed by atoms with Crippen LogP contribution >= 0.6 is 11.6 Å². The van der Waals surface area contributed by atoms with Crippen LogP contribution in [0.25, 0.3) is 0 Å². The number of hydrogen-bond acceptors (Lipinski definition) is 2. The van der Waals surface area contributed by atoms with E-state index in [0.717, 1.165) is 16.7 Å². The van der Waals surface area contributed by atoms with E-state index in [1.807, 2.05) is 36.4 Å². The Morgan fingerprint density at radius 3 is 2.35 bits per heavy atom. The van der Waals surface area contributed by atoms with Crippen LogP contribution in [0.15, 0.2) is 48.5 Å². The standard InChI is InChI=1S/C14H14ClNO/c15-12-7-5-10(6-8-12)14(17)13-4-2-1-3-11(13)9-16/h1-8,14,17H,9,16H2/t14-/m0/s1. The van der Waals surface area contributed by atoms with E-state index in [2.05, 4.69) is 0 Å². The summed E-state index contributed by atoms with van der Waals surface area (Å²) in [6.45, 7) is 0.417. The average Bonchev–Trinajstić information content (AvgIpc) is 2.39. The van der Waals surface area contributed by atoms with Crippen LogP contribution in [0, 0.1) is 0 Å². The average molecular weight is 248 g/mol. The lowest BCUT2D eigenvalue weighted by Gasteiger charge is -2.15. The minimum Gasteiger partial charge on any atom is -0.384 e. The van der Waals surface area contributed by atoms with Gasteiger partial charge >= 0.3 is 0 Å². The molecule has 0 fully saturated rings. The van der Waals surface area contributed by atoms with Gasteiger partial charge in [-0.1, -0.05) is 48.0 Å². The first-order chi connectivity index (χ1) is 8.22. The SMILES string of the molecule is NCc1ccccc1[C@@H](O)c1ccc(Cl)cc1. The smallest absolute Gasteiger partial charge is 0.104 e. The van der Waals surface area contributed by atoms with Crippen LogP contribution in [0.2, 0.25) is 5.02 Å². The number of aliphatic hydroxyl groups is 1. The molecule has 0 unspecified atom stereocenters. The van der Waals surface area contributed by atoms with E-state index in [0.29, 0.717) is 11.6 Å². The highest BCUT2D eigenvalue weighted by atomic mass is 35.5. The molecular formula is C14H14ClNO. The van der Waals surface area contributed by atoms with Crippen molar-refractivity contribution in [2.24, 2.45) is 5.73 Å². The maximum atomic E-state index is 10.3. The van der Waals surface area contributed by atoms with Crippen molar-refractivity contribution in [2.45, 2.75) is 12.6 Å². The Kier molecular flexibility index (Phi) is 3.79. The molecule has 3 heteroatoms. The van der Waals surface area contributed by atoms with Gasteiger partial charge in [-0.2, -0.15) is 0 Å². The van der Waals surface area contributed by atoms with E-state index in [4.69, 9.17) is 17.3 Å². The van der Waals surface area contributed by atoms with Crippen LogP contribution < -0.4 is 5.73 Å². The van der Waals surface area contributed by atoms with Crippen molar-refractivity contribution >= 4 is 11.6 Å². The summed E-state index contributed by atoms with van der Waals surface area (Å²) >= 11 is 5.82. The molecule has 0 aliphatic carbocycles. The van der Waals surface area contributed by atoms with Crippen LogP contribution in [-0.4, -0.2) is 5.11 Å². The molecule has 2 nitrogen and oxygen atoms in total. The third-order valence-corrected chi connectivity index (χ3v) is 3.01. The van der Waals surface area contributed by atoms with E-state index < -0.39 is 6.10 Å². The summed E-state index contributed by atoms with van der Waals surface area (Å²) < 4.78 is 0. The molecule has 0 aromatic heterocycles. The third-order valence-electron chi connectivity index (χ3n) is 2.76. The zero-order valence-electron chi connectivity index (χ0n) is 9.31. The molecule has 0 heterocycles. The minimum atomic E-state index is -0.660. The molecule has 0 aliphatic heterocycles. The summed E-state index contributed by atoms with van der Waals surface area (Å²) in [4.78, 5) is 0. The van der Waals surface area contributed by atoms with Gasteiger partial charge in [-0.3, -0.25) is 0 Å². The van der Waals surface area contributed by atoms with Gasteiger partial charge in [0, 0.05) is 11.6 Å². The Hall–Kier alpha value is -1.35. The molecule has 0 amide bonds. The normalized spacial score (nSPS) is 12.4. The topological polar surface area (TPSA) is 46.2 Å². The molecule has 88 valence electrons. The molecule has 2 rings (SSSR count). The van der Waals surface area contributed by atoms with Gasteiger partial charge in [-0.05, 0) is 28.8 Å². The molecule has 17 heavy (non-hydrogen) atoms. The Morgan fingerprint density at radius 1 is 1.06 bits per heavy atom. The highest BCUT2D eigenvalue weighted by Gasteiger charge is 2.13. The van der Waals surface area contributed by atoms with Crippen molar-refractivity contribution in [3.8, 4) is 0 Å². The highest BCUT2D eigenvalue weighted by Crippen LogP contribution is 2.25. The van der Waals surface area contributed by atoms with Crippen LogP contribution in [0.4, 0.5) is 0 Å². The van der Waals surface area contributed by atoms with E-state index >= 15 is 0 Å². The Balaban J connectivity index is 2.36. The Bertz CT molecular complexity index is 496. The van der Waals surface area contributed by atoms with Gasteiger partial charge in [-0.25, -0.2) is 0 Å². The maximum Gasteiger partial charge on any atom is 0.104 e. The molecule has 0 radical (unpaired) electrons. The number of rotatable bonds is 3. The van der Waals surface area contributed by atoms with Gasteiger partial charge in [0.25, 0.3) is 0 Å². The largest absolute Gasteiger partial charge is 0.384 e. The second-order valence-corrected chi connectivity index (χ2v) is 4.29. The lowest BCUT2D eigenvalue weighted by molar-refractivity contribution is 0.219. The van der Waals surface area contributed by atoms with Crippen molar-refractivity contribution in [3.63, 3.8) is 0 Å². The first-order valence-corrected chi connectivity index (χ1v) is 5.81. The number of halogens is 1. The lowest BCUT2D eigenvalue weighted by Crippen LogP contribution is -2.07. The fraction of sp³-hybridized carbons (Fsp3) is 0.143. The first kappa shape index (κ1) is 12.1. The van der Waals surface area contributed by atoms with Gasteiger partial charge in [-0.15, -0.1) is 0 Å². The number of benzene rings is 2. The molecule has 3 N–H and O–H groups in total. The van der Waals surface area contributed by atoms with Crippen molar-refractivity contribution in [1.29, 1.82) is 0 Å². The van der Waals surface area contributed by atoms with E-state index in [9.17, 15) is 5.11 Å². The molecule has 2 aromatic carbocycles. The van der Waals surface area contributed by atoms with Gasteiger partial charge < -0.3 is 10.8 Å². The summed E-state index contributed by atoms with van der Waals surface area (Å²) in [5.41, 5.74) is 8.27. The zero-order valence-corrected chi connectivity index (χ0v) is 10.1. The van der Waals surface area contributed by atoms with Crippen molar-refractivity contribution in [1.82, 2.24) is 0 Å². The minimum absolute atomic E-state index is 0.417. The fourth-order valence-corrected chi connectivity index (χ4v) is 1.94. The number of aliphatic hydroxyl groups excluding tert-OH is 1. The number of hydrogen-bond donors (Lipinski definition) is 2. The second kappa shape index (κ2) is 5.32. The lowest BCUT2D eigenvalue weighted by atomic mass is 9.97.